The molecule has 0 bridgehead atoms. The van der Waals surface area contributed by atoms with Crippen LogP contribution in [0.3, 0.4) is 0 Å². The first-order chi connectivity index (χ1) is 5.90. The molecule has 1 aliphatic rings. The van der Waals surface area contributed by atoms with E-state index in [9.17, 15) is 0 Å². The van der Waals surface area contributed by atoms with E-state index in [1.54, 1.807) is 0 Å². The third-order valence-electron chi connectivity index (χ3n) is 2.21. The fourth-order valence-corrected chi connectivity index (χ4v) is 2.56. The van der Waals surface area contributed by atoms with Gasteiger partial charge in [0, 0.05) is 11.4 Å². The smallest absolute Gasteiger partial charge is 0.0178 e. The maximum atomic E-state index is 5.58. The van der Waals surface area contributed by atoms with Gasteiger partial charge in [-0.1, -0.05) is 12.1 Å². The molecule has 0 aromatic heterocycles. The highest BCUT2D eigenvalue weighted by Gasteiger charge is 2.08. The maximum absolute atomic E-state index is 5.58. The van der Waals surface area contributed by atoms with Gasteiger partial charge >= 0.3 is 0 Å². The van der Waals surface area contributed by atoms with E-state index in [2.05, 4.69) is 18.2 Å². The lowest BCUT2D eigenvalue weighted by molar-refractivity contribution is 0.882. The molecule has 0 aliphatic carbocycles. The number of hydrogen-bond donors (Lipinski definition) is 1. The first-order valence-corrected chi connectivity index (χ1v) is 5.33. The molecule has 0 atom stereocenters. The highest BCUT2D eigenvalue weighted by atomic mass is 35.5. The van der Waals surface area contributed by atoms with Crippen LogP contribution < -0.4 is 5.73 Å². The van der Waals surface area contributed by atoms with E-state index in [0.717, 1.165) is 0 Å². The van der Waals surface area contributed by atoms with E-state index in [-0.39, 0.29) is 12.4 Å². The summed E-state index contributed by atoms with van der Waals surface area (Å²) in [4.78, 5) is 1.46. The molecule has 1 aromatic carbocycles. The summed E-state index contributed by atoms with van der Waals surface area (Å²) in [5.41, 5.74) is 8.33. The van der Waals surface area contributed by atoms with Crippen LogP contribution in [0.4, 0.5) is 0 Å². The number of halogens is 1. The molecule has 0 spiro atoms. The van der Waals surface area contributed by atoms with E-state index >= 15 is 0 Å². The minimum absolute atomic E-state index is 0. The Morgan fingerprint density at radius 3 is 3.00 bits per heavy atom. The Labute approximate surface area is 89.5 Å². The molecule has 1 nitrogen and oxygen atoms in total. The average Bonchev–Trinajstić information content (AvgIpc) is 2.17. The number of fused-ring (bicyclic) bond motifs is 1. The summed E-state index contributed by atoms with van der Waals surface area (Å²) in [7, 11) is 0. The zero-order valence-electron chi connectivity index (χ0n) is 7.45. The van der Waals surface area contributed by atoms with Gasteiger partial charge in [-0.05, 0) is 35.8 Å². The summed E-state index contributed by atoms with van der Waals surface area (Å²) in [6, 6.07) is 6.60. The first-order valence-electron chi connectivity index (χ1n) is 4.35. The minimum atomic E-state index is 0. The molecule has 13 heavy (non-hydrogen) atoms. The van der Waals surface area contributed by atoms with Crippen LogP contribution in [-0.2, 0) is 13.0 Å². The Balaban J connectivity index is 0.000000845. The molecule has 1 aliphatic heterocycles. The van der Waals surface area contributed by atoms with Gasteiger partial charge in [0.25, 0.3) is 0 Å². The minimum Gasteiger partial charge on any atom is -0.326 e. The molecule has 3 heteroatoms. The van der Waals surface area contributed by atoms with Crippen molar-refractivity contribution in [2.24, 2.45) is 5.73 Å². The Morgan fingerprint density at radius 2 is 2.23 bits per heavy atom. The van der Waals surface area contributed by atoms with Crippen molar-refractivity contribution in [2.75, 3.05) is 5.75 Å². The first kappa shape index (κ1) is 10.9. The lowest BCUT2D eigenvalue weighted by atomic mass is 10.1. The van der Waals surface area contributed by atoms with Gasteiger partial charge in [0.1, 0.15) is 0 Å². The Bertz CT molecular complexity index is 288. The second kappa shape index (κ2) is 4.89. The van der Waals surface area contributed by atoms with E-state index in [0.29, 0.717) is 6.54 Å². The van der Waals surface area contributed by atoms with Crippen LogP contribution in [0.5, 0.6) is 0 Å². The molecule has 1 heterocycles. The number of thioether (sulfide) groups is 1. The molecule has 0 unspecified atom stereocenters. The highest BCUT2D eigenvalue weighted by molar-refractivity contribution is 7.99. The van der Waals surface area contributed by atoms with Crippen molar-refractivity contribution in [1.82, 2.24) is 0 Å². The Hall–Kier alpha value is -0.180. The monoisotopic (exact) mass is 215 g/mol. The molecule has 1 aromatic rings. The Morgan fingerprint density at radius 1 is 1.38 bits per heavy atom. The van der Waals surface area contributed by atoms with Crippen LogP contribution >= 0.6 is 24.2 Å². The lowest BCUT2D eigenvalue weighted by Gasteiger charge is -2.15. The fraction of sp³-hybridized carbons (Fsp3) is 0.400. The van der Waals surface area contributed by atoms with Crippen LogP contribution in [0, 0.1) is 0 Å². The van der Waals surface area contributed by atoms with Gasteiger partial charge in [0.05, 0.1) is 0 Å². The normalized spacial score (nSPS) is 14.5. The van der Waals surface area contributed by atoms with Crippen molar-refractivity contribution in [3.63, 3.8) is 0 Å². The molecular weight excluding hydrogens is 202 g/mol. The number of benzene rings is 1. The summed E-state index contributed by atoms with van der Waals surface area (Å²) >= 11 is 1.97. The molecular formula is C10H14ClNS. The van der Waals surface area contributed by atoms with Crippen molar-refractivity contribution in [3.05, 3.63) is 29.3 Å². The number of nitrogens with two attached hydrogens (primary N) is 1. The van der Waals surface area contributed by atoms with Gasteiger partial charge in [-0.15, -0.1) is 24.2 Å². The predicted molar refractivity (Wildman–Crippen MR) is 60.6 cm³/mol. The molecule has 2 rings (SSSR count). The zero-order valence-corrected chi connectivity index (χ0v) is 9.09. The van der Waals surface area contributed by atoms with E-state index in [1.165, 1.54) is 34.6 Å². The summed E-state index contributed by atoms with van der Waals surface area (Å²) < 4.78 is 0. The van der Waals surface area contributed by atoms with Crippen LogP contribution in [0.15, 0.2) is 23.1 Å². The fourth-order valence-electron chi connectivity index (χ4n) is 1.54. The van der Waals surface area contributed by atoms with E-state index in [1.807, 2.05) is 11.8 Å². The molecule has 0 amide bonds. The quantitative estimate of drug-likeness (QED) is 0.780. The van der Waals surface area contributed by atoms with Crippen molar-refractivity contribution in [3.8, 4) is 0 Å². The van der Waals surface area contributed by atoms with Crippen molar-refractivity contribution >= 4 is 24.2 Å². The number of rotatable bonds is 1. The van der Waals surface area contributed by atoms with Gasteiger partial charge in [-0.2, -0.15) is 0 Å². The van der Waals surface area contributed by atoms with Crippen molar-refractivity contribution in [1.29, 1.82) is 0 Å². The van der Waals surface area contributed by atoms with E-state index in [4.69, 9.17) is 5.73 Å². The van der Waals surface area contributed by atoms with Gasteiger partial charge in [-0.3, -0.25) is 0 Å². The topological polar surface area (TPSA) is 26.0 Å². The second-order valence-corrected chi connectivity index (χ2v) is 4.23. The van der Waals surface area contributed by atoms with Gasteiger partial charge in [-0.25, -0.2) is 0 Å². The summed E-state index contributed by atoms with van der Waals surface area (Å²) in [6.45, 7) is 0.665. The third-order valence-corrected chi connectivity index (χ3v) is 3.41. The van der Waals surface area contributed by atoms with Crippen molar-refractivity contribution in [2.45, 2.75) is 24.3 Å². The third kappa shape index (κ3) is 2.39. The number of aryl methyl sites for hydroxylation is 1. The molecule has 72 valence electrons. The molecule has 0 fully saturated rings. The summed E-state index contributed by atoms with van der Waals surface area (Å²) in [6.07, 6.45) is 2.54. The average molecular weight is 216 g/mol. The maximum Gasteiger partial charge on any atom is 0.0178 e. The molecule has 0 saturated heterocycles. The standard InChI is InChI=1S/C10H13NS.ClH/c11-7-8-3-4-10-9(6-8)2-1-5-12-10;/h3-4,6H,1-2,5,7,11H2;1H. The lowest BCUT2D eigenvalue weighted by Crippen LogP contribution is -2.02. The molecule has 2 N–H and O–H groups in total. The summed E-state index contributed by atoms with van der Waals surface area (Å²) in [5, 5.41) is 0. The van der Waals surface area contributed by atoms with Gasteiger partial charge in [0.2, 0.25) is 0 Å². The predicted octanol–water partition coefficient (Wildman–Crippen LogP) is 2.61. The van der Waals surface area contributed by atoms with Crippen LogP contribution in [-0.4, -0.2) is 5.75 Å². The zero-order chi connectivity index (χ0) is 8.39. The van der Waals surface area contributed by atoms with Crippen LogP contribution in [0.2, 0.25) is 0 Å². The molecule has 0 radical (unpaired) electrons. The van der Waals surface area contributed by atoms with E-state index < -0.39 is 0 Å². The Kier molecular flexibility index (Phi) is 4.10. The molecule has 0 saturated carbocycles. The highest BCUT2D eigenvalue weighted by Crippen LogP contribution is 2.30. The van der Waals surface area contributed by atoms with Crippen LogP contribution in [0.25, 0.3) is 0 Å². The van der Waals surface area contributed by atoms with Gasteiger partial charge in [0.15, 0.2) is 0 Å². The van der Waals surface area contributed by atoms with Gasteiger partial charge < -0.3 is 5.73 Å². The largest absolute Gasteiger partial charge is 0.326 e. The van der Waals surface area contributed by atoms with Crippen molar-refractivity contribution < 1.29 is 0 Å². The SMILES string of the molecule is Cl.NCc1ccc2c(c1)CCCS2. The summed E-state index contributed by atoms with van der Waals surface area (Å²) in [5.74, 6) is 1.27. The van der Waals surface area contributed by atoms with Crippen LogP contribution in [0.1, 0.15) is 17.5 Å². The second-order valence-electron chi connectivity index (χ2n) is 3.10. The number of hydrogen-bond acceptors (Lipinski definition) is 2.